The zero-order valence-electron chi connectivity index (χ0n) is 9.67. The highest BCUT2D eigenvalue weighted by Crippen LogP contribution is 2.25. The van der Waals surface area contributed by atoms with Gasteiger partial charge in [-0.1, -0.05) is 39.3 Å². The number of halogens is 1. The van der Waals surface area contributed by atoms with Crippen LogP contribution >= 0.6 is 23.4 Å². The predicted octanol–water partition coefficient (Wildman–Crippen LogP) is 3.93. The van der Waals surface area contributed by atoms with Crippen molar-refractivity contribution in [2.75, 3.05) is 5.75 Å². The van der Waals surface area contributed by atoms with Crippen LogP contribution in [0.25, 0.3) is 0 Å². The molecule has 84 valence electrons. The van der Waals surface area contributed by atoms with Crippen LogP contribution in [-0.2, 0) is 5.41 Å². The molecule has 0 aliphatic heterocycles. The highest BCUT2D eigenvalue weighted by Gasteiger charge is 2.18. The summed E-state index contributed by atoms with van der Waals surface area (Å²) in [5, 5.41) is 1.51. The van der Waals surface area contributed by atoms with Gasteiger partial charge in [-0.15, -0.1) is 11.8 Å². The maximum Gasteiger partial charge on any atom is 0.136 e. The highest BCUT2D eigenvalue weighted by atomic mass is 35.5. The molecule has 0 aliphatic rings. The molecule has 0 N–H and O–H groups in total. The average molecular weight is 245 g/mol. The quantitative estimate of drug-likeness (QED) is 0.595. The molecule has 0 amide bonds. The Morgan fingerprint density at radius 3 is 2.53 bits per heavy atom. The number of hydrogen-bond acceptors (Lipinski definition) is 3. The van der Waals surface area contributed by atoms with Crippen molar-refractivity contribution in [3.8, 4) is 0 Å². The molecule has 0 fully saturated rings. The van der Waals surface area contributed by atoms with Crippen molar-refractivity contribution in [3.63, 3.8) is 0 Å². The van der Waals surface area contributed by atoms with Crippen LogP contribution in [0.4, 0.5) is 0 Å². The Labute approximate surface area is 101 Å². The first kappa shape index (κ1) is 12.8. The Kier molecular flexibility index (Phi) is 4.41. The molecule has 0 radical (unpaired) electrons. The normalized spacial score (nSPS) is 11.8. The van der Waals surface area contributed by atoms with Gasteiger partial charge in [0.2, 0.25) is 0 Å². The lowest BCUT2D eigenvalue weighted by atomic mass is 9.96. The minimum atomic E-state index is -0.0492. The molecule has 1 rings (SSSR count). The van der Waals surface area contributed by atoms with E-state index in [2.05, 4.69) is 37.7 Å². The Morgan fingerprint density at radius 1 is 1.33 bits per heavy atom. The first-order valence-corrected chi connectivity index (χ1v) is 6.47. The zero-order chi connectivity index (χ0) is 11.5. The third-order valence-corrected chi connectivity index (χ3v) is 3.11. The number of hydrogen-bond donors (Lipinski definition) is 0. The Bertz CT molecular complexity index is 334. The van der Waals surface area contributed by atoms with E-state index in [1.165, 1.54) is 0 Å². The largest absolute Gasteiger partial charge is 0.226 e. The number of nitrogens with zero attached hydrogens (tertiary/aromatic N) is 2. The van der Waals surface area contributed by atoms with Crippen molar-refractivity contribution < 1.29 is 0 Å². The second kappa shape index (κ2) is 5.17. The number of rotatable bonds is 3. The maximum absolute atomic E-state index is 5.97. The van der Waals surface area contributed by atoms with Gasteiger partial charge in [-0.3, -0.25) is 0 Å². The molecule has 1 aromatic rings. The van der Waals surface area contributed by atoms with E-state index < -0.39 is 0 Å². The van der Waals surface area contributed by atoms with Gasteiger partial charge in [-0.05, 0) is 12.2 Å². The molecular formula is C11H17ClN2S. The summed E-state index contributed by atoms with van der Waals surface area (Å²) in [6.45, 7) is 8.42. The molecule has 0 aliphatic carbocycles. The molecule has 0 spiro atoms. The number of aromatic nitrogens is 2. The van der Waals surface area contributed by atoms with E-state index in [1.807, 2.05) is 6.07 Å². The molecule has 0 atom stereocenters. The Morgan fingerprint density at radius 2 is 2.00 bits per heavy atom. The summed E-state index contributed by atoms with van der Waals surface area (Å²) < 4.78 is 0. The van der Waals surface area contributed by atoms with Crippen LogP contribution in [0, 0.1) is 0 Å². The van der Waals surface area contributed by atoms with Crippen molar-refractivity contribution in [1.29, 1.82) is 0 Å². The van der Waals surface area contributed by atoms with Gasteiger partial charge in [0, 0.05) is 11.5 Å². The Balaban J connectivity index is 2.95. The summed E-state index contributed by atoms with van der Waals surface area (Å²) >= 11 is 7.70. The van der Waals surface area contributed by atoms with Crippen LogP contribution in [0.5, 0.6) is 0 Å². The highest BCUT2D eigenvalue weighted by molar-refractivity contribution is 7.99. The molecule has 2 nitrogen and oxygen atoms in total. The van der Waals surface area contributed by atoms with E-state index in [1.54, 1.807) is 11.8 Å². The van der Waals surface area contributed by atoms with Crippen LogP contribution in [0.2, 0.25) is 5.15 Å². The van der Waals surface area contributed by atoms with E-state index in [4.69, 9.17) is 11.6 Å². The monoisotopic (exact) mass is 244 g/mol. The van der Waals surface area contributed by atoms with Gasteiger partial charge in [0.1, 0.15) is 16.0 Å². The minimum Gasteiger partial charge on any atom is -0.226 e. The second-order valence-electron chi connectivity index (χ2n) is 4.45. The number of thioether (sulfide) groups is 1. The summed E-state index contributed by atoms with van der Waals surface area (Å²) in [7, 11) is 0. The minimum absolute atomic E-state index is 0.0492. The fraction of sp³-hybridized carbons (Fsp3) is 0.636. The fourth-order valence-electron chi connectivity index (χ4n) is 1.01. The van der Waals surface area contributed by atoms with Gasteiger partial charge >= 0.3 is 0 Å². The lowest BCUT2D eigenvalue weighted by Crippen LogP contribution is -2.16. The van der Waals surface area contributed by atoms with E-state index in [0.717, 1.165) is 23.0 Å². The topological polar surface area (TPSA) is 25.8 Å². The molecule has 4 heteroatoms. The SMILES string of the molecule is CCCSc1cc(Cl)nc(C(C)(C)C)n1. The first-order valence-electron chi connectivity index (χ1n) is 5.11. The zero-order valence-corrected chi connectivity index (χ0v) is 11.2. The molecule has 0 aromatic carbocycles. The van der Waals surface area contributed by atoms with Gasteiger partial charge < -0.3 is 0 Å². The average Bonchev–Trinajstić information content (AvgIpc) is 2.12. The molecule has 15 heavy (non-hydrogen) atoms. The second-order valence-corrected chi connectivity index (χ2v) is 5.95. The maximum atomic E-state index is 5.97. The molecule has 0 saturated heterocycles. The molecule has 0 unspecified atom stereocenters. The third-order valence-electron chi connectivity index (χ3n) is 1.80. The predicted molar refractivity (Wildman–Crippen MR) is 66.8 cm³/mol. The lowest BCUT2D eigenvalue weighted by Gasteiger charge is -2.17. The van der Waals surface area contributed by atoms with Gasteiger partial charge in [0.05, 0.1) is 0 Å². The van der Waals surface area contributed by atoms with Crippen LogP contribution in [0.15, 0.2) is 11.1 Å². The van der Waals surface area contributed by atoms with Gasteiger partial charge in [0.15, 0.2) is 0 Å². The van der Waals surface area contributed by atoms with Crippen LogP contribution in [0.3, 0.4) is 0 Å². The van der Waals surface area contributed by atoms with Gasteiger partial charge in [-0.2, -0.15) is 0 Å². The lowest BCUT2D eigenvalue weighted by molar-refractivity contribution is 0.538. The van der Waals surface area contributed by atoms with Crippen molar-refractivity contribution in [2.24, 2.45) is 0 Å². The first-order chi connectivity index (χ1) is 6.93. The summed E-state index contributed by atoms with van der Waals surface area (Å²) in [6, 6.07) is 1.83. The van der Waals surface area contributed by atoms with Crippen LogP contribution in [-0.4, -0.2) is 15.7 Å². The van der Waals surface area contributed by atoms with Gasteiger partial charge in [-0.25, -0.2) is 9.97 Å². The summed E-state index contributed by atoms with van der Waals surface area (Å²) in [4.78, 5) is 8.76. The van der Waals surface area contributed by atoms with Gasteiger partial charge in [0.25, 0.3) is 0 Å². The fourth-order valence-corrected chi connectivity index (χ4v) is 2.02. The molecule has 1 heterocycles. The van der Waals surface area contributed by atoms with E-state index in [9.17, 15) is 0 Å². The summed E-state index contributed by atoms with van der Waals surface area (Å²) in [6.07, 6.45) is 1.14. The van der Waals surface area contributed by atoms with Crippen molar-refractivity contribution >= 4 is 23.4 Å². The standard InChI is InChI=1S/C11H17ClN2S/c1-5-6-15-9-7-8(12)13-10(14-9)11(2,3)4/h7H,5-6H2,1-4H3. The van der Waals surface area contributed by atoms with E-state index in [0.29, 0.717) is 5.15 Å². The molecular weight excluding hydrogens is 228 g/mol. The van der Waals surface area contributed by atoms with Crippen molar-refractivity contribution in [2.45, 2.75) is 44.6 Å². The molecule has 0 bridgehead atoms. The summed E-state index contributed by atoms with van der Waals surface area (Å²) in [5.74, 6) is 1.88. The summed E-state index contributed by atoms with van der Waals surface area (Å²) in [5.41, 5.74) is -0.0492. The van der Waals surface area contributed by atoms with Crippen LogP contribution in [0.1, 0.15) is 39.9 Å². The smallest absolute Gasteiger partial charge is 0.136 e. The van der Waals surface area contributed by atoms with Crippen molar-refractivity contribution in [3.05, 3.63) is 17.0 Å². The van der Waals surface area contributed by atoms with E-state index >= 15 is 0 Å². The van der Waals surface area contributed by atoms with Crippen molar-refractivity contribution in [1.82, 2.24) is 9.97 Å². The molecule has 0 saturated carbocycles. The molecule has 1 aromatic heterocycles. The van der Waals surface area contributed by atoms with E-state index in [-0.39, 0.29) is 5.41 Å². The van der Waals surface area contributed by atoms with Crippen LogP contribution < -0.4 is 0 Å². The Hall–Kier alpha value is -0.280. The third kappa shape index (κ3) is 3.99.